The molecule has 2 heterocycles. The smallest absolute Gasteiger partial charge is 0.323 e. The lowest BCUT2D eigenvalue weighted by atomic mass is 10.1. The molecule has 1 aromatic heterocycles. The topological polar surface area (TPSA) is 26.0 Å². The standard InChI is InChI=1S/C11H14F3NS2/c12-11(13,14)3-1-8(15)10-5-7-6-16-4-2-9(7)17-10/h5,8H,1-4,6,15H2. The molecule has 0 radical (unpaired) electrons. The number of alkyl halides is 3. The van der Waals surface area contributed by atoms with E-state index in [1.807, 2.05) is 17.8 Å². The molecule has 1 aliphatic rings. The van der Waals surface area contributed by atoms with E-state index in [0.29, 0.717) is 0 Å². The van der Waals surface area contributed by atoms with Gasteiger partial charge >= 0.3 is 6.18 Å². The lowest BCUT2D eigenvalue weighted by Gasteiger charge is -2.11. The third-order valence-electron chi connectivity index (χ3n) is 2.75. The predicted octanol–water partition coefficient (Wildman–Crippen LogP) is 3.88. The van der Waals surface area contributed by atoms with E-state index in [9.17, 15) is 13.2 Å². The van der Waals surface area contributed by atoms with Crippen molar-refractivity contribution < 1.29 is 13.2 Å². The van der Waals surface area contributed by atoms with Crippen LogP contribution in [0.4, 0.5) is 13.2 Å². The minimum Gasteiger partial charge on any atom is -0.323 e. The molecular weight excluding hydrogens is 267 g/mol. The van der Waals surface area contributed by atoms with Gasteiger partial charge in [0.1, 0.15) is 0 Å². The van der Waals surface area contributed by atoms with Crippen molar-refractivity contribution in [3.05, 3.63) is 21.4 Å². The van der Waals surface area contributed by atoms with Crippen LogP contribution in [0.3, 0.4) is 0 Å². The summed E-state index contributed by atoms with van der Waals surface area (Å²) in [6.45, 7) is 0. The third kappa shape index (κ3) is 3.63. The number of thiophene rings is 1. The molecule has 1 aromatic rings. The van der Waals surface area contributed by atoms with E-state index in [1.165, 1.54) is 10.4 Å². The van der Waals surface area contributed by atoms with Crippen LogP contribution in [-0.2, 0) is 12.2 Å². The van der Waals surface area contributed by atoms with Gasteiger partial charge in [-0.2, -0.15) is 24.9 Å². The van der Waals surface area contributed by atoms with E-state index in [1.54, 1.807) is 11.3 Å². The zero-order chi connectivity index (χ0) is 12.5. The number of hydrogen-bond donors (Lipinski definition) is 1. The monoisotopic (exact) mass is 281 g/mol. The lowest BCUT2D eigenvalue weighted by Crippen LogP contribution is -2.14. The van der Waals surface area contributed by atoms with Crippen molar-refractivity contribution >= 4 is 23.1 Å². The second-order valence-electron chi connectivity index (χ2n) is 4.16. The number of thioether (sulfide) groups is 1. The minimum absolute atomic E-state index is 0.0178. The van der Waals surface area contributed by atoms with E-state index in [2.05, 4.69) is 0 Å². The summed E-state index contributed by atoms with van der Waals surface area (Å²) in [6.07, 6.45) is -3.90. The highest BCUT2D eigenvalue weighted by Gasteiger charge is 2.28. The average Bonchev–Trinajstić information content (AvgIpc) is 2.68. The average molecular weight is 281 g/mol. The Morgan fingerprint density at radius 1 is 1.41 bits per heavy atom. The second-order valence-corrected chi connectivity index (χ2v) is 6.43. The first-order chi connectivity index (χ1) is 7.96. The van der Waals surface area contributed by atoms with Crippen molar-refractivity contribution in [3.8, 4) is 0 Å². The number of fused-ring (bicyclic) bond motifs is 1. The van der Waals surface area contributed by atoms with Crippen molar-refractivity contribution in [2.24, 2.45) is 5.73 Å². The summed E-state index contributed by atoms with van der Waals surface area (Å²) in [5.74, 6) is 2.07. The van der Waals surface area contributed by atoms with Crippen LogP contribution >= 0.6 is 23.1 Å². The van der Waals surface area contributed by atoms with E-state index in [0.717, 1.165) is 22.8 Å². The molecule has 0 amide bonds. The van der Waals surface area contributed by atoms with Gasteiger partial charge in [0.25, 0.3) is 0 Å². The molecular formula is C11H14F3NS2. The van der Waals surface area contributed by atoms with Gasteiger partial charge in [-0.15, -0.1) is 11.3 Å². The van der Waals surface area contributed by atoms with E-state index < -0.39 is 18.6 Å². The quantitative estimate of drug-likeness (QED) is 0.910. The summed E-state index contributed by atoms with van der Waals surface area (Å²) < 4.78 is 36.3. The van der Waals surface area contributed by atoms with Crippen LogP contribution in [0.15, 0.2) is 6.07 Å². The van der Waals surface area contributed by atoms with Crippen LogP contribution in [-0.4, -0.2) is 11.9 Å². The maximum Gasteiger partial charge on any atom is 0.389 e. The highest BCUT2D eigenvalue weighted by molar-refractivity contribution is 7.98. The summed E-state index contributed by atoms with van der Waals surface area (Å²) in [7, 11) is 0. The molecule has 1 unspecified atom stereocenters. The summed E-state index contributed by atoms with van der Waals surface area (Å²) in [5, 5.41) is 0. The molecule has 0 saturated carbocycles. The van der Waals surface area contributed by atoms with Crippen LogP contribution in [0, 0.1) is 0 Å². The van der Waals surface area contributed by atoms with Gasteiger partial charge in [0.2, 0.25) is 0 Å². The van der Waals surface area contributed by atoms with Gasteiger partial charge in [0, 0.05) is 28.0 Å². The molecule has 2 rings (SSSR count). The Kier molecular flexibility index (Phi) is 4.05. The van der Waals surface area contributed by atoms with Crippen molar-refractivity contribution in [1.29, 1.82) is 0 Å². The van der Waals surface area contributed by atoms with Crippen molar-refractivity contribution in [1.82, 2.24) is 0 Å². The lowest BCUT2D eigenvalue weighted by molar-refractivity contribution is -0.136. The van der Waals surface area contributed by atoms with Crippen LogP contribution in [0.1, 0.15) is 34.2 Å². The molecule has 1 aliphatic heterocycles. The van der Waals surface area contributed by atoms with Crippen LogP contribution in [0.5, 0.6) is 0 Å². The van der Waals surface area contributed by atoms with Crippen LogP contribution in [0.2, 0.25) is 0 Å². The Labute approximate surface area is 107 Å². The molecule has 0 bridgehead atoms. The Bertz CT molecular complexity index is 363. The Morgan fingerprint density at radius 3 is 2.82 bits per heavy atom. The van der Waals surface area contributed by atoms with Crippen molar-refractivity contribution in [2.75, 3.05) is 5.75 Å². The molecule has 0 fully saturated rings. The first-order valence-electron chi connectivity index (χ1n) is 5.47. The van der Waals surface area contributed by atoms with Crippen molar-refractivity contribution in [2.45, 2.75) is 37.2 Å². The number of hydrogen-bond acceptors (Lipinski definition) is 3. The molecule has 1 atom stereocenters. The fraction of sp³-hybridized carbons (Fsp3) is 0.636. The summed E-state index contributed by atoms with van der Waals surface area (Å²) in [6, 6.07) is 1.52. The van der Waals surface area contributed by atoms with Crippen LogP contribution in [0.25, 0.3) is 0 Å². The van der Waals surface area contributed by atoms with Gasteiger partial charge in [-0.05, 0) is 30.2 Å². The maximum absolute atomic E-state index is 12.1. The summed E-state index contributed by atoms with van der Waals surface area (Å²) in [4.78, 5) is 2.21. The first-order valence-corrected chi connectivity index (χ1v) is 7.44. The Hall–Kier alpha value is -0.200. The minimum atomic E-state index is -4.11. The predicted molar refractivity (Wildman–Crippen MR) is 66.4 cm³/mol. The van der Waals surface area contributed by atoms with Gasteiger partial charge in [-0.3, -0.25) is 0 Å². The molecule has 1 nitrogen and oxygen atoms in total. The highest BCUT2D eigenvalue weighted by Crippen LogP contribution is 2.36. The number of halogens is 3. The Balaban J connectivity index is 1.99. The van der Waals surface area contributed by atoms with E-state index in [4.69, 9.17) is 5.73 Å². The molecule has 96 valence electrons. The second kappa shape index (κ2) is 5.20. The first kappa shape index (κ1) is 13.2. The normalized spacial score (nSPS) is 17.9. The van der Waals surface area contributed by atoms with E-state index >= 15 is 0 Å². The fourth-order valence-corrected chi connectivity index (χ4v) is 4.23. The maximum atomic E-state index is 12.1. The molecule has 0 aliphatic carbocycles. The Morgan fingerprint density at radius 2 is 2.18 bits per heavy atom. The molecule has 0 saturated heterocycles. The number of nitrogens with two attached hydrogens (primary N) is 1. The van der Waals surface area contributed by atoms with E-state index in [-0.39, 0.29) is 6.42 Å². The largest absolute Gasteiger partial charge is 0.389 e. The van der Waals surface area contributed by atoms with Gasteiger partial charge < -0.3 is 5.73 Å². The van der Waals surface area contributed by atoms with Gasteiger partial charge in [0.05, 0.1) is 0 Å². The summed E-state index contributed by atoms with van der Waals surface area (Å²) in [5.41, 5.74) is 7.09. The van der Waals surface area contributed by atoms with Crippen molar-refractivity contribution in [3.63, 3.8) is 0 Å². The van der Waals surface area contributed by atoms with Crippen LogP contribution < -0.4 is 5.73 Å². The molecule has 2 N–H and O–H groups in total. The highest BCUT2D eigenvalue weighted by atomic mass is 32.2. The SMILES string of the molecule is NC(CCC(F)(F)F)c1cc2c(s1)CCSC2. The fourth-order valence-electron chi connectivity index (χ4n) is 1.81. The molecule has 0 aromatic carbocycles. The zero-order valence-electron chi connectivity index (χ0n) is 9.22. The number of rotatable bonds is 3. The molecule has 6 heteroatoms. The molecule has 0 spiro atoms. The zero-order valence-corrected chi connectivity index (χ0v) is 10.9. The van der Waals surface area contributed by atoms with Gasteiger partial charge in [-0.25, -0.2) is 0 Å². The molecule has 17 heavy (non-hydrogen) atoms. The third-order valence-corrected chi connectivity index (χ3v) is 5.13. The van der Waals surface area contributed by atoms with Gasteiger partial charge in [-0.1, -0.05) is 0 Å². The number of aryl methyl sites for hydroxylation is 1. The summed E-state index contributed by atoms with van der Waals surface area (Å²) >= 11 is 3.45. The van der Waals surface area contributed by atoms with Gasteiger partial charge in [0.15, 0.2) is 0 Å².